The summed E-state index contributed by atoms with van der Waals surface area (Å²) in [5.41, 5.74) is 4.24. The Labute approximate surface area is 172 Å². The average molecular weight is 405 g/mol. The lowest BCUT2D eigenvalue weighted by molar-refractivity contribution is -0.129. The van der Waals surface area contributed by atoms with E-state index in [-0.39, 0.29) is 18.3 Å². The number of aromatic nitrogens is 4. The van der Waals surface area contributed by atoms with Crippen LogP contribution in [0.2, 0.25) is 0 Å². The second kappa shape index (κ2) is 7.01. The second-order valence-corrected chi connectivity index (χ2v) is 7.56. The van der Waals surface area contributed by atoms with Crippen LogP contribution < -0.4 is 4.90 Å². The molecule has 0 aliphatic carbocycles. The van der Waals surface area contributed by atoms with Gasteiger partial charge in [0.1, 0.15) is 18.0 Å². The number of fused-ring (bicyclic) bond motifs is 1. The van der Waals surface area contributed by atoms with Crippen molar-refractivity contribution in [1.82, 2.24) is 24.6 Å². The molecule has 9 heteroatoms. The Morgan fingerprint density at radius 2 is 1.93 bits per heavy atom. The summed E-state index contributed by atoms with van der Waals surface area (Å²) in [5, 5.41) is 4.14. The molecular formula is C21H20FN7O. The van der Waals surface area contributed by atoms with Crippen molar-refractivity contribution >= 4 is 17.4 Å². The van der Waals surface area contributed by atoms with E-state index in [9.17, 15) is 9.18 Å². The Morgan fingerprint density at radius 3 is 2.70 bits per heavy atom. The van der Waals surface area contributed by atoms with Gasteiger partial charge in [-0.25, -0.2) is 14.4 Å². The van der Waals surface area contributed by atoms with Crippen LogP contribution in [0.1, 0.15) is 16.8 Å². The number of amides is 1. The molecule has 2 aliphatic rings. The van der Waals surface area contributed by atoms with E-state index in [2.05, 4.69) is 20.1 Å². The number of carbonyl (C=O) groups is 1. The van der Waals surface area contributed by atoms with Crippen LogP contribution in [-0.4, -0.2) is 62.9 Å². The first-order valence-corrected chi connectivity index (χ1v) is 9.67. The molecule has 0 radical (unpaired) electrons. The summed E-state index contributed by atoms with van der Waals surface area (Å²) in [6, 6.07) is 5.20. The van der Waals surface area contributed by atoms with Crippen molar-refractivity contribution in [1.29, 1.82) is 0 Å². The summed E-state index contributed by atoms with van der Waals surface area (Å²) in [6.07, 6.45) is 4.91. The molecule has 4 heterocycles. The highest BCUT2D eigenvalue weighted by Crippen LogP contribution is 2.31. The van der Waals surface area contributed by atoms with Gasteiger partial charge in [0.15, 0.2) is 0 Å². The van der Waals surface area contributed by atoms with Gasteiger partial charge in [-0.1, -0.05) is 0 Å². The minimum absolute atomic E-state index is 0.0570. The fourth-order valence-electron chi connectivity index (χ4n) is 3.82. The van der Waals surface area contributed by atoms with Gasteiger partial charge in [0.05, 0.1) is 30.7 Å². The smallest absolute Gasteiger partial charge is 0.241 e. The number of hydrogen-bond donors (Lipinski definition) is 0. The molecule has 0 atom stereocenters. The minimum atomic E-state index is -0.294. The Hall–Kier alpha value is -3.62. The van der Waals surface area contributed by atoms with Crippen molar-refractivity contribution in [2.45, 2.75) is 6.54 Å². The number of carbonyl (C=O) groups excluding carboxylic acids is 1. The Bertz CT molecular complexity index is 1190. The van der Waals surface area contributed by atoms with Gasteiger partial charge in [-0.15, -0.1) is 0 Å². The number of benzene rings is 1. The first-order chi connectivity index (χ1) is 14.5. The molecule has 8 nitrogen and oxygen atoms in total. The van der Waals surface area contributed by atoms with E-state index in [1.54, 1.807) is 36.1 Å². The zero-order chi connectivity index (χ0) is 20.8. The summed E-state index contributed by atoms with van der Waals surface area (Å²) in [7, 11) is 3.60. The van der Waals surface area contributed by atoms with Crippen LogP contribution in [0.25, 0.3) is 11.1 Å². The average Bonchev–Trinajstić information content (AvgIpc) is 3.35. The number of aryl methyl sites for hydroxylation is 1. The van der Waals surface area contributed by atoms with Crippen molar-refractivity contribution in [2.75, 3.05) is 31.6 Å². The fraction of sp³-hybridized carbons (Fsp3) is 0.286. The molecule has 2 aliphatic heterocycles. The Kier molecular flexibility index (Phi) is 4.30. The molecule has 5 rings (SSSR count). The number of nitrogens with zero attached hydrogens (tertiary/aromatic N) is 7. The molecule has 0 spiro atoms. The third-order valence-electron chi connectivity index (χ3n) is 5.55. The van der Waals surface area contributed by atoms with Gasteiger partial charge in [0, 0.05) is 56.1 Å². The molecule has 1 saturated heterocycles. The van der Waals surface area contributed by atoms with Gasteiger partial charge in [0.25, 0.3) is 0 Å². The highest BCUT2D eigenvalue weighted by atomic mass is 19.1. The summed E-state index contributed by atoms with van der Waals surface area (Å²) >= 11 is 0. The van der Waals surface area contributed by atoms with Gasteiger partial charge in [-0.2, -0.15) is 5.10 Å². The van der Waals surface area contributed by atoms with Crippen LogP contribution in [-0.2, 0) is 18.4 Å². The van der Waals surface area contributed by atoms with Crippen LogP contribution in [0.4, 0.5) is 10.2 Å². The molecule has 1 amide bonds. The molecule has 152 valence electrons. The lowest BCUT2D eigenvalue weighted by Crippen LogP contribution is -2.48. The van der Waals surface area contributed by atoms with Gasteiger partial charge in [-0.3, -0.25) is 14.5 Å². The number of rotatable bonds is 3. The fourth-order valence-corrected chi connectivity index (χ4v) is 3.82. The first-order valence-electron chi connectivity index (χ1n) is 9.67. The van der Waals surface area contributed by atoms with Crippen molar-refractivity contribution in [3.8, 4) is 11.1 Å². The number of piperazine rings is 1. The molecule has 2 aromatic heterocycles. The van der Waals surface area contributed by atoms with E-state index in [0.29, 0.717) is 48.0 Å². The topological polar surface area (TPSA) is 79.5 Å². The zero-order valence-electron chi connectivity index (χ0n) is 16.7. The van der Waals surface area contributed by atoms with Gasteiger partial charge >= 0.3 is 0 Å². The number of likely N-dealkylation sites (N-methyl/N-ethyl adjacent to an activating group) is 1. The van der Waals surface area contributed by atoms with Crippen LogP contribution in [0.3, 0.4) is 0 Å². The molecule has 0 bridgehead atoms. The molecular weight excluding hydrogens is 385 g/mol. The second-order valence-electron chi connectivity index (χ2n) is 7.56. The van der Waals surface area contributed by atoms with Crippen molar-refractivity contribution in [3.63, 3.8) is 0 Å². The molecule has 30 heavy (non-hydrogen) atoms. The summed E-state index contributed by atoms with van der Waals surface area (Å²) in [5.74, 6) is 0.450. The zero-order valence-corrected chi connectivity index (χ0v) is 16.7. The maximum Gasteiger partial charge on any atom is 0.241 e. The normalized spacial score (nSPS) is 16.1. The molecule has 1 aromatic carbocycles. The van der Waals surface area contributed by atoms with Crippen LogP contribution >= 0.6 is 0 Å². The van der Waals surface area contributed by atoms with Crippen LogP contribution in [0.15, 0.2) is 41.9 Å². The van der Waals surface area contributed by atoms with Crippen LogP contribution in [0, 0.1) is 5.82 Å². The van der Waals surface area contributed by atoms with Crippen molar-refractivity contribution < 1.29 is 9.18 Å². The maximum absolute atomic E-state index is 14.7. The van der Waals surface area contributed by atoms with Crippen molar-refractivity contribution in [2.24, 2.45) is 12.0 Å². The highest BCUT2D eigenvalue weighted by Gasteiger charge is 2.25. The number of anilines is 1. The number of aliphatic imine (C=N–C) groups is 1. The van der Waals surface area contributed by atoms with E-state index < -0.39 is 0 Å². The minimum Gasteiger partial charge on any atom is -0.345 e. The van der Waals surface area contributed by atoms with E-state index in [1.807, 2.05) is 17.0 Å². The Morgan fingerprint density at radius 1 is 1.07 bits per heavy atom. The molecule has 0 saturated carbocycles. The summed E-state index contributed by atoms with van der Waals surface area (Å²) in [6.45, 7) is 2.04. The van der Waals surface area contributed by atoms with E-state index in [0.717, 1.165) is 11.1 Å². The monoisotopic (exact) mass is 405 g/mol. The summed E-state index contributed by atoms with van der Waals surface area (Å²) in [4.78, 5) is 29.1. The number of hydrogen-bond acceptors (Lipinski definition) is 6. The van der Waals surface area contributed by atoms with Crippen molar-refractivity contribution in [3.05, 3.63) is 59.6 Å². The third kappa shape index (κ3) is 3.12. The van der Waals surface area contributed by atoms with Gasteiger partial charge in [-0.05, 0) is 17.7 Å². The maximum atomic E-state index is 14.7. The quantitative estimate of drug-likeness (QED) is 0.662. The van der Waals surface area contributed by atoms with Crippen LogP contribution in [0.5, 0.6) is 0 Å². The lowest BCUT2D eigenvalue weighted by atomic mass is 9.97. The molecule has 0 unspecified atom stereocenters. The molecule has 3 aromatic rings. The lowest BCUT2D eigenvalue weighted by Gasteiger charge is -2.32. The predicted molar refractivity (Wildman–Crippen MR) is 110 cm³/mol. The van der Waals surface area contributed by atoms with E-state index >= 15 is 0 Å². The van der Waals surface area contributed by atoms with Gasteiger partial charge < -0.3 is 9.80 Å². The first kappa shape index (κ1) is 18.4. The van der Waals surface area contributed by atoms with E-state index in [1.165, 1.54) is 12.4 Å². The summed E-state index contributed by atoms with van der Waals surface area (Å²) < 4.78 is 16.3. The SMILES string of the molecule is CN1CCN(c2cc(C3=NCc4cc(F)c(-c5cnn(C)c5)cc43)ncn2)CC1=O. The van der Waals surface area contributed by atoms with Gasteiger partial charge in [0.2, 0.25) is 5.91 Å². The molecule has 1 fully saturated rings. The molecule has 0 N–H and O–H groups in total. The van der Waals surface area contributed by atoms with E-state index in [4.69, 9.17) is 0 Å². The largest absolute Gasteiger partial charge is 0.345 e. The third-order valence-corrected chi connectivity index (χ3v) is 5.55. The highest BCUT2D eigenvalue weighted by molar-refractivity contribution is 6.14. The standard InChI is InChI=1S/C21H20FN7O/c1-27-3-4-29(11-20(27)30)19-7-18(24-12-25-19)21-16-6-15(14-9-26-28(2)10-14)17(22)5-13(16)8-23-21/h5-7,9-10,12H,3-4,8,11H2,1-2H3. The Balaban J connectivity index is 1.50. The predicted octanol–water partition coefficient (Wildman–Crippen LogP) is 1.65. The number of halogens is 1.